The summed E-state index contributed by atoms with van der Waals surface area (Å²) in [6.45, 7) is 1.01. The quantitative estimate of drug-likeness (QED) is 0.753. The Morgan fingerprint density at radius 1 is 1.33 bits per heavy atom. The van der Waals surface area contributed by atoms with Crippen molar-refractivity contribution in [2.24, 2.45) is 10.9 Å². The van der Waals surface area contributed by atoms with Gasteiger partial charge >= 0.3 is 18.1 Å². The normalized spacial score (nSPS) is 19.3. The number of amidine groups is 1. The van der Waals surface area contributed by atoms with Gasteiger partial charge in [-0.1, -0.05) is 6.07 Å². The van der Waals surface area contributed by atoms with Gasteiger partial charge in [0.25, 0.3) is 11.7 Å². The molecule has 1 N–H and O–H groups in total. The van der Waals surface area contributed by atoms with Crippen molar-refractivity contribution in [3.63, 3.8) is 0 Å². The summed E-state index contributed by atoms with van der Waals surface area (Å²) in [7, 11) is 2.78. The van der Waals surface area contributed by atoms with E-state index in [2.05, 4.69) is 10.3 Å². The maximum atomic E-state index is 12.9. The Morgan fingerprint density at radius 3 is 2.67 bits per heavy atom. The molecule has 1 aromatic rings. The van der Waals surface area contributed by atoms with Crippen LogP contribution in [0.2, 0.25) is 0 Å². The smallest absolute Gasteiger partial charge is 0.446 e. The zero-order chi connectivity index (χ0) is 22.2. The van der Waals surface area contributed by atoms with Crippen LogP contribution < -0.4 is 5.32 Å². The maximum absolute atomic E-state index is 12.9. The van der Waals surface area contributed by atoms with Gasteiger partial charge in [-0.3, -0.25) is 9.59 Å². The fourth-order valence-corrected chi connectivity index (χ4v) is 3.22. The second-order valence-corrected chi connectivity index (χ2v) is 6.69. The van der Waals surface area contributed by atoms with Crippen molar-refractivity contribution in [2.75, 3.05) is 26.0 Å². The summed E-state index contributed by atoms with van der Waals surface area (Å²) in [5.74, 6) is -2.06. The number of ether oxygens (including phenoxy) is 1. The van der Waals surface area contributed by atoms with Gasteiger partial charge in [-0.25, -0.2) is 4.79 Å². The van der Waals surface area contributed by atoms with Crippen molar-refractivity contribution in [3.8, 4) is 0 Å². The van der Waals surface area contributed by atoms with Crippen LogP contribution in [0.5, 0.6) is 0 Å². The standard InChI is InChI=1S/C19H17F3N4O4/c1-10-8-23-16-14(15(10)30-3)17(28)26(18(29)25(16)2)9-13(27)24-12-6-4-5-11(7-12)19(20,21)22/h4-8,14H,9H2,1-3H3/p+1. The number of allylic oxidation sites excluding steroid dienone is 1. The number of dihydropyridines is 1. The summed E-state index contributed by atoms with van der Waals surface area (Å²) in [6, 6.07) is 3.27. The molecule has 0 aromatic heterocycles. The molecule has 0 bridgehead atoms. The molecule has 2 aliphatic heterocycles. The molecule has 11 heteroatoms. The van der Waals surface area contributed by atoms with Gasteiger partial charge in [-0.15, -0.1) is 4.99 Å². The van der Waals surface area contributed by atoms with Gasteiger partial charge in [0.05, 0.1) is 19.7 Å². The number of aliphatic imine (C=N–C) groups is 1. The average Bonchev–Trinajstić information content (AvgIpc) is 2.68. The highest BCUT2D eigenvalue weighted by Gasteiger charge is 2.50. The van der Waals surface area contributed by atoms with Gasteiger partial charge < -0.3 is 10.1 Å². The fraction of sp³-hybridized carbons (Fsp3) is 0.316. The van der Waals surface area contributed by atoms with Crippen molar-refractivity contribution < 1.29 is 36.9 Å². The molecule has 3 rings (SSSR count). The first-order chi connectivity index (χ1) is 14.0. The number of nitrogens with one attached hydrogen (secondary N) is 1. The van der Waals surface area contributed by atoms with E-state index in [0.717, 1.165) is 22.8 Å². The number of anilines is 1. The lowest BCUT2D eigenvalue weighted by atomic mass is 9.96. The van der Waals surface area contributed by atoms with Gasteiger partial charge in [-0.05, 0) is 25.1 Å². The third-order valence-corrected chi connectivity index (χ3v) is 4.67. The second-order valence-electron chi connectivity index (χ2n) is 6.69. The van der Waals surface area contributed by atoms with Crippen LogP contribution in [0.25, 0.3) is 0 Å². The summed E-state index contributed by atoms with van der Waals surface area (Å²) < 4.78 is 44.9. The molecule has 2 aliphatic rings. The third kappa shape index (κ3) is 3.82. The predicted molar refractivity (Wildman–Crippen MR) is 100 cm³/mol. The molecule has 30 heavy (non-hydrogen) atoms. The van der Waals surface area contributed by atoms with Crippen LogP contribution in [0, 0.1) is 5.92 Å². The number of benzene rings is 1. The van der Waals surface area contributed by atoms with E-state index in [1.807, 2.05) is 0 Å². The van der Waals surface area contributed by atoms with Crippen LogP contribution in [-0.4, -0.2) is 60.1 Å². The molecule has 1 atom stereocenters. The number of fused-ring (bicyclic) bond motifs is 1. The average molecular weight is 423 g/mol. The number of urea groups is 1. The lowest BCUT2D eigenvalue weighted by Gasteiger charge is -2.28. The lowest BCUT2D eigenvalue weighted by Crippen LogP contribution is -2.56. The van der Waals surface area contributed by atoms with Crippen molar-refractivity contribution in [2.45, 2.75) is 13.1 Å². The molecule has 1 aromatic carbocycles. The zero-order valence-electron chi connectivity index (χ0n) is 16.3. The Bertz CT molecular complexity index is 1030. The van der Waals surface area contributed by atoms with E-state index in [9.17, 15) is 27.6 Å². The summed E-state index contributed by atoms with van der Waals surface area (Å²) in [6.07, 6.45) is -3.10. The van der Waals surface area contributed by atoms with Crippen LogP contribution in [-0.2, 0) is 20.5 Å². The van der Waals surface area contributed by atoms with Crippen LogP contribution in [0.4, 0.5) is 23.7 Å². The zero-order valence-corrected chi connectivity index (χ0v) is 16.3. The molecule has 8 nitrogen and oxygen atoms in total. The fourth-order valence-electron chi connectivity index (χ4n) is 3.22. The summed E-state index contributed by atoms with van der Waals surface area (Å²) in [5, 5.41) is 2.28. The molecule has 4 amide bonds. The first kappa shape index (κ1) is 21.2. The van der Waals surface area contributed by atoms with Gasteiger partial charge in [0.15, 0.2) is 12.5 Å². The van der Waals surface area contributed by atoms with Crippen molar-refractivity contribution >= 4 is 35.6 Å². The SMILES string of the molecule is COC1=C(C)C=NC2=[N+](C)C(=O)N(CC(=O)Nc3cccc(C(F)(F)F)c3)C(=O)C12. The molecule has 0 aliphatic carbocycles. The predicted octanol–water partition coefficient (Wildman–Crippen LogP) is 2.27. The molecule has 0 saturated heterocycles. The number of imide groups is 1. The Morgan fingerprint density at radius 2 is 2.03 bits per heavy atom. The minimum atomic E-state index is -4.57. The second kappa shape index (κ2) is 7.73. The first-order valence-electron chi connectivity index (χ1n) is 8.76. The van der Waals surface area contributed by atoms with E-state index in [1.165, 1.54) is 26.4 Å². The number of methoxy groups -OCH3 is 1. The molecular formula is C19H18F3N4O4+. The van der Waals surface area contributed by atoms with E-state index in [0.29, 0.717) is 16.2 Å². The number of rotatable bonds is 4. The molecule has 158 valence electrons. The molecule has 1 unspecified atom stereocenters. The third-order valence-electron chi connectivity index (χ3n) is 4.67. The van der Waals surface area contributed by atoms with Crippen LogP contribution in [0.3, 0.4) is 0 Å². The Hall–Kier alpha value is -3.50. The number of alkyl halides is 3. The maximum Gasteiger partial charge on any atom is 0.446 e. The van der Waals surface area contributed by atoms with E-state index in [-0.39, 0.29) is 11.5 Å². The summed E-state index contributed by atoms with van der Waals surface area (Å²) >= 11 is 0. The lowest BCUT2D eigenvalue weighted by molar-refractivity contribution is -0.408. The molecule has 0 spiro atoms. The summed E-state index contributed by atoms with van der Waals surface area (Å²) in [5.41, 5.74) is -0.451. The van der Waals surface area contributed by atoms with Gasteiger partial charge in [0.1, 0.15) is 12.0 Å². The highest BCUT2D eigenvalue weighted by molar-refractivity contribution is 6.17. The number of nitrogens with zero attached hydrogens (tertiary/aromatic N) is 3. The highest BCUT2D eigenvalue weighted by Crippen LogP contribution is 2.31. The van der Waals surface area contributed by atoms with Gasteiger partial charge in [0.2, 0.25) is 0 Å². The van der Waals surface area contributed by atoms with Crippen molar-refractivity contribution in [3.05, 3.63) is 41.2 Å². The van der Waals surface area contributed by atoms with Crippen molar-refractivity contribution in [1.82, 2.24) is 4.90 Å². The largest absolute Gasteiger partial charge is 0.499 e. The van der Waals surface area contributed by atoms with Crippen LogP contribution in [0.15, 0.2) is 40.6 Å². The van der Waals surface area contributed by atoms with E-state index in [1.54, 1.807) is 6.92 Å². The molecule has 0 saturated carbocycles. The Labute approximate surface area is 169 Å². The van der Waals surface area contributed by atoms with Crippen LogP contribution >= 0.6 is 0 Å². The molecule has 2 heterocycles. The van der Waals surface area contributed by atoms with E-state index >= 15 is 0 Å². The molecule has 0 fully saturated rings. The first-order valence-corrected chi connectivity index (χ1v) is 8.76. The highest BCUT2D eigenvalue weighted by atomic mass is 19.4. The van der Waals surface area contributed by atoms with Crippen molar-refractivity contribution in [1.29, 1.82) is 0 Å². The monoisotopic (exact) mass is 423 g/mol. The molecule has 0 radical (unpaired) electrons. The van der Waals surface area contributed by atoms with Crippen LogP contribution in [0.1, 0.15) is 12.5 Å². The minimum Gasteiger partial charge on any atom is -0.499 e. The van der Waals surface area contributed by atoms with E-state index in [4.69, 9.17) is 4.74 Å². The number of hydrogen-bond donors (Lipinski definition) is 1. The minimum absolute atomic E-state index is 0.108. The number of amides is 4. The van der Waals surface area contributed by atoms with E-state index < -0.39 is 42.0 Å². The van der Waals surface area contributed by atoms with Gasteiger partial charge in [0, 0.05) is 11.3 Å². The number of hydrogen-bond acceptors (Lipinski definition) is 5. The molecular weight excluding hydrogens is 405 g/mol. The Balaban J connectivity index is 1.83. The topological polar surface area (TPSA) is 91.1 Å². The Kier molecular flexibility index (Phi) is 5.47. The summed E-state index contributed by atoms with van der Waals surface area (Å²) in [4.78, 5) is 42.8. The number of halogens is 3. The number of carbonyl (C=O) groups is 3. The van der Waals surface area contributed by atoms with Gasteiger partial charge in [-0.2, -0.15) is 22.6 Å². The number of carbonyl (C=O) groups excluding carboxylic acids is 3.